The van der Waals surface area contributed by atoms with Crippen molar-refractivity contribution in [2.24, 2.45) is 0 Å². The van der Waals surface area contributed by atoms with E-state index in [4.69, 9.17) is 4.42 Å². The number of phenols is 6. The van der Waals surface area contributed by atoms with E-state index in [1.807, 2.05) is 0 Å². The topological polar surface area (TPSA) is 135 Å². The minimum absolute atomic E-state index is 0.0124. The number of hydrogen-bond acceptors (Lipinski definition) is 7. The van der Waals surface area contributed by atoms with Crippen molar-refractivity contribution in [2.75, 3.05) is 0 Å². The molecule has 1 aromatic heterocycles. The Hall–Kier alpha value is -2.96. The predicted molar refractivity (Wildman–Crippen MR) is 68.4 cm³/mol. The van der Waals surface area contributed by atoms with Gasteiger partial charge in [-0.1, -0.05) is 0 Å². The molecule has 0 aliphatic rings. The highest BCUT2D eigenvalue weighted by Crippen LogP contribution is 2.52. The molecular formula is C13H10O7. The number of fused-ring (bicyclic) bond motifs is 3. The molecule has 0 unspecified atom stereocenters. The predicted octanol–water partition coefficient (Wildman–Crippen LogP) is 2.13. The fourth-order valence-corrected chi connectivity index (χ4v) is 2.27. The molecule has 7 nitrogen and oxygen atoms in total. The molecule has 7 heteroatoms. The number of benzene rings is 2. The van der Waals surface area contributed by atoms with Gasteiger partial charge in [-0.15, -0.1) is 0 Å². The number of aryl methyl sites for hydroxylation is 1. The Bertz CT molecular complexity index is 876. The first kappa shape index (κ1) is 12.1. The van der Waals surface area contributed by atoms with Gasteiger partial charge in [0.1, 0.15) is 5.75 Å². The van der Waals surface area contributed by atoms with Crippen LogP contribution in [0, 0.1) is 6.92 Å². The van der Waals surface area contributed by atoms with Crippen LogP contribution >= 0.6 is 0 Å². The molecule has 3 aromatic rings. The molecule has 0 amide bonds. The van der Waals surface area contributed by atoms with Gasteiger partial charge in [0, 0.05) is 17.0 Å². The fourth-order valence-electron chi connectivity index (χ4n) is 2.27. The molecule has 0 aliphatic carbocycles. The van der Waals surface area contributed by atoms with Crippen molar-refractivity contribution in [1.82, 2.24) is 0 Å². The van der Waals surface area contributed by atoms with Crippen LogP contribution in [0.25, 0.3) is 21.9 Å². The Morgan fingerprint density at radius 2 is 1.30 bits per heavy atom. The minimum atomic E-state index is -0.766. The lowest BCUT2D eigenvalue weighted by Gasteiger charge is -2.06. The zero-order valence-electron chi connectivity index (χ0n) is 10.2. The maximum absolute atomic E-state index is 9.88. The third-order valence-corrected chi connectivity index (χ3v) is 3.29. The second kappa shape index (κ2) is 3.53. The van der Waals surface area contributed by atoms with Crippen molar-refractivity contribution >= 4 is 21.9 Å². The van der Waals surface area contributed by atoms with E-state index in [-0.39, 0.29) is 27.5 Å². The molecular weight excluding hydrogens is 268 g/mol. The smallest absolute Gasteiger partial charge is 0.205 e. The van der Waals surface area contributed by atoms with Gasteiger partial charge in [0.2, 0.25) is 17.2 Å². The van der Waals surface area contributed by atoms with Crippen LogP contribution in [-0.4, -0.2) is 30.6 Å². The summed E-state index contributed by atoms with van der Waals surface area (Å²) in [5.74, 6) is -3.67. The molecule has 104 valence electrons. The van der Waals surface area contributed by atoms with Gasteiger partial charge in [0.15, 0.2) is 22.7 Å². The molecule has 2 aromatic carbocycles. The van der Waals surface area contributed by atoms with Crippen LogP contribution in [0.5, 0.6) is 34.5 Å². The molecule has 3 rings (SSSR count). The highest BCUT2D eigenvalue weighted by molar-refractivity contribution is 6.15. The summed E-state index contributed by atoms with van der Waals surface area (Å²) in [6.07, 6.45) is 0. The summed E-state index contributed by atoms with van der Waals surface area (Å²) >= 11 is 0. The van der Waals surface area contributed by atoms with Gasteiger partial charge in [0.25, 0.3) is 0 Å². The average molecular weight is 278 g/mol. The number of aromatic hydroxyl groups is 6. The maximum Gasteiger partial charge on any atom is 0.205 e. The third kappa shape index (κ3) is 1.23. The van der Waals surface area contributed by atoms with E-state index in [0.717, 1.165) is 6.07 Å². The first-order valence-electron chi connectivity index (χ1n) is 5.58. The molecule has 0 atom stereocenters. The molecule has 20 heavy (non-hydrogen) atoms. The Kier molecular flexibility index (Phi) is 2.14. The summed E-state index contributed by atoms with van der Waals surface area (Å²) in [5.41, 5.74) is -0.334. The summed E-state index contributed by atoms with van der Waals surface area (Å²) < 4.78 is 5.20. The van der Waals surface area contributed by atoms with Crippen LogP contribution in [-0.2, 0) is 0 Å². The van der Waals surface area contributed by atoms with Crippen molar-refractivity contribution in [1.29, 1.82) is 0 Å². The molecule has 0 radical (unpaired) electrons. The first-order valence-corrected chi connectivity index (χ1v) is 5.58. The Labute approximate surface area is 111 Å². The van der Waals surface area contributed by atoms with E-state index in [2.05, 4.69) is 0 Å². The van der Waals surface area contributed by atoms with Crippen molar-refractivity contribution in [3.63, 3.8) is 0 Å². The molecule has 0 bridgehead atoms. The van der Waals surface area contributed by atoms with Crippen molar-refractivity contribution < 1.29 is 35.1 Å². The number of rotatable bonds is 0. The quantitative estimate of drug-likeness (QED) is 0.274. The second-order valence-corrected chi connectivity index (χ2v) is 4.44. The van der Waals surface area contributed by atoms with E-state index in [1.54, 1.807) is 0 Å². The van der Waals surface area contributed by atoms with Gasteiger partial charge in [0.05, 0.1) is 5.39 Å². The molecule has 0 aliphatic heterocycles. The van der Waals surface area contributed by atoms with E-state index in [9.17, 15) is 30.6 Å². The monoisotopic (exact) mass is 278 g/mol. The van der Waals surface area contributed by atoms with Crippen LogP contribution in [0.4, 0.5) is 0 Å². The Morgan fingerprint density at radius 3 is 1.95 bits per heavy atom. The Morgan fingerprint density at radius 1 is 0.700 bits per heavy atom. The first-order chi connectivity index (χ1) is 9.34. The van der Waals surface area contributed by atoms with E-state index in [1.165, 1.54) is 6.92 Å². The summed E-state index contributed by atoms with van der Waals surface area (Å²) in [7, 11) is 0. The molecule has 1 heterocycles. The summed E-state index contributed by atoms with van der Waals surface area (Å²) in [6.45, 7) is 1.44. The van der Waals surface area contributed by atoms with E-state index < -0.39 is 34.5 Å². The SMILES string of the molecule is Cc1c(O)c(O)c(O)c2oc3c(O)c(O)cc(O)c3c12. The highest BCUT2D eigenvalue weighted by atomic mass is 16.4. The summed E-state index contributed by atoms with van der Waals surface area (Å²) in [6, 6.07) is 0.910. The van der Waals surface area contributed by atoms with Crippen LogP contribution < -0.4 is 0 Å². The number of hydrogen-bond donors (Lipinski definition) is 6. The molecule has 6 N–H and O–H groups in total. The molecule has 0 fully saturated rings. The van der Waals surface area contributed by atoms with Gasteiger partial charge < -0.3 is 35.1 Å². The van der Waals surface area contributed by atoms with Gasteiger partial charge in [-0.05, 0) is 6.92 Å². The van der Waals surface area contributed by atoms with Crippen molar-refractivity contribution in [3.05, 3.63) is 11.6 Å². The summed E-state index contributed by atoms with van der Waals surface area (Å²) in [5, 5.41) is 58.3. The molecule has 0 spiro atoms. The zero-order valence-corrected chi connectivity index (χ0v) is 10.2. The lowest BCUT2D eigenvalue weighted by molar-refractivity contribution is 0.365. The van der Waals surface area contributed by atoms with Gasteiger partial charge >= 0.3 is 0 Å². The lowest BCUT2D eigenvalue weighted by Crippen LogP contribution is -1.81. The fraction of sp³-hybridized carbons (Fsp3) is 0.0769. The highest BCUT2D eigenvalue weighted by Gasteiger charge is 2.25. The van der Waals surface area contributed by atoms with Gasteiger partial charge in [-0.2, -0.15) is 0 Å². The van der Waals surface area contributed by atoms with Crippen LogP contribution in [0.15, 0.2) is 10.5 Å². The molecule has 0 saturated heterocycles. The number of phenolic OH excluding ortho intramolecular Hbond substituents is 6. The van der Waals surface area contributed by atoms with Gasteiger partial charge in [-0.3, -0.25) is 0 Å². The van der Waals surface area contributed by atoms with Crippen molar-refractivity contribution in [2.45, 2.75) is 6.92 Å². The van der Waals surface area contributed by atoms with Crippen LogP contribution in [0.1, 0.15) is 5.56 Å². The van der Waals surface area contributed by atoms with E-state index in [0.29, 0.717) is 0 Å². The largest absolute Gasteiger partial charge is 0.507 e. The standard InChI is InChI=1S/C13H10O7/c1-3-6-7-4(14)2-5(15)9(17)13(7)20-12(6)11(19)10(18)8(3)16/h2,14-19H,1H3. The maximum atomic E-state index is 9.88. The minimum Gasteiger partial charge on any atom is -0.507 e. The normalized spacial score (nSPS) is 11.4. The average Bonchev–Trinajstić information content (AvgIpc) is 2.81. The summed E-state index contributed by atoms with van der Waals surface area (Å²) in [4.78, 5) is 0. The van der Waals surface area contributed by atoms with E-state index >= 15 is 0 Å². The zero-order chi connectivity index (χ0) is 14.8. The van der Waals surface area contributed by atoms with Gasteiger partial charge in [-0.25, -0.2) is 0 Å². The van der Waals surface area contributed by atoms with Crippen LogP contribution in [0.3, 0.4) is 0 Å². The Balaban J connectivity index is 2.71. The van der Waals surface area contributed by atoms with Crippen LogP contribution in [0.2, 0.25) is 0 Å². The van der Waals surface area contributed by atoms with Crippen molar-refractivity contribution in [3.8, 4) is 34.5 Å². The number of furan rings is 1. The second-order valence-electron chi connectivity index (χ2n) is 4.44. The lowest BCUT2D eigenvalue weighted by atomic mass is 10.0. The molecule has 0 saturated carbocycles. The third-order valence-electron chi connectivity index (χ3n) is 3.29.